The van der Waals surface area contributed by atoms with Gasteiger partial charge < -0.3 is 10.0 Å². The third kappa shape index (κ3) is 3.39. The van der Waals surface area contributed by atoms with Crippen molar-refractivity contribution in [2.24, 2.45) is 5.41 Å². The van der Waals surface area contributed by atoms with Crippen LogP contribution in [0.2, 0.25) is 0 Å². The summed E-state index contributed by atoms with van der Waals surface area (Å²) in [6.07, 6.45) is 9.58. The Morgan fingerprint density at radius 1 is 1.04 bits per heavy atom. The normalized spacial score (nSPS) is 23.2. The van der Waals surface area contributed by atoms with E-state index in [0.717, 1.165) is 31.4 Å². The molecule has 1 aliphatic carbocycles. The van der Waals surface area contributed by atoms with Crippen molar-refractivity contribution in [2.75, 3.05) is 19.6 Å². The Morgan fingerprint density at radius 3 is 2.33 bits per heavy atom. The smallest absolute Gasteiger partial charge is 0.156 e. The Morgan fingerprint density at radius 2 is 1.71 bits per heavy atom. The van der Waals surface area contributed by atoms with Crippen LogP contribution in [0, 0.1) is 17.3 Å². The van der Waals surface area contributed by atoms with Gasteiger partial charge in [0.2, 0.25) is 0 Å². The summed E-state index contributed by atoms with van der Waals surface area (Å²) >= 11 is 0. The van der Waals surface area contributed by atoms with Crippen molar-refractivity contribution in [3.63, 3.8) is 0 Å². The number of piperidine rings is 1. The number of aliphatic hydroxyl groups is 1. The van der Waals surface area contributed by atoms with Gasteiger partial charge in [0.25, 0.3) is 0 Å². The minimum atomic E-state index is -1.01. The fourth-order valence-corrected chi connectivity index (χ4v) is 4.74. The second kappa shape index (κ2) is 7.72. The van der Waals surface area contributed by atoms with E-state index < -0.39 is 5.60 Å². The molecule has 1 aromatic carbocycles. The number of rotatable bonds is 4. The van der Waals surface area contributed by atoms with E-state index in [-0.39, 0.29) is 5.41 Å². The zero-order chi connectivity index (χ0) is 16.9. The zero-order valence-corrected chi connectivity index (χ0v) is 15.1. The zero-order valence-electron chi connectivity index (χ0n) is 15.1. The maximum absolute atomic E-state index is 11.8. The Kier molecular flexibility index (Phi) is 5.64. The van der Waals surface area contributed by atoms with Crippen molar-refractivity contribution in [3.8, 4) is 11.8 Å². The molecule has 1 saturated heterocycles. The average molecular weight is 327 g/mol. The molecule has 2 nitrogen and oxygen atoms in total. The predicted octanol–water partition coefficient (Wildman–Crippen LogP) is 2.92. The molecule has 0 aromatic heterocycles. The molecule has 1 aliphatic heterocycles. The summed E-state index contributed by atoms with van der Waals surface area (Å²) in [4.78, 5) is 1.58. The van der Waals surface area contributed by atoms with Crippen LogP contribution in [-0.2, 0) is 5.60 Å². The number of hydrogen-bond acceptors (Lipinski definition) is 1. The quantitative estimate of drug-likeness (QED) is 0.817. The van der Waals surface area contributed by atoms with Crippen molar-refractivity contribution in [1.82, 2.24) is 0 Å². The highest BCUT2D eigenvalue weighted by atomic mass is 16.3. The van der Waals surface area contributed by atoms with E-state index >= 15 is 0 Å². The van der Waals surface area contributed by atoms with E-state index in [9.17, 15) is 5.11 Å². The first-order valence-electron chi connectivity index (χ1n) is 9.82. The monoisotopic (exact) mass is 326 g/mol. The van der Waals surface area contributed by atoms with Gasteiger partial charge in [-0.1, -0.05) is 56.0 Å². The molecule has 1 heterocycles. The van der Waals surface area contributed by atoms with Gasteiger partial charge in [0.15, 0.2) is 5.60 Å². The van der Waals surface area contributed by atoms with Crippen molar-refractivity contribution in [1.29, 1.82) is 0 Å². The van der Waals surface area contributed by atoms with Gasteiger partial charge in [-0.05, 0) is 50.0 Å². The van der Waals surface area contributed by atoms with Crippen LogP contribution >= 0.6 is 0 Å². The number of nitrogens with one attached hydrogen (secondary N) is 1. The third-order valence-corrected chi connectivity index (χ3v) is 6.36. The Labute approximate surface area is 147 Å². The van der Waals surface area contributed by atoms with E-state index in [1.165, 1.54) is 45.2 Å². The molecule has 130 valence electrons. The molecule has 2 aliphatic rings. The van der Waals surface area contributed by atoms with E-state index in [4.69, 9.17) is 0 Å². The second-order valence-corrected chi connectivity index (χ2v) is 7.71. The van der Waals surface area contributed by atoms with Crippen molar-refractivity contribution in [2.45, 2.75) is 63.9 Å². The van der Waals surface area contributed by atoms with Crippen LogP contribution in [-0.4, -0.2) is 24.7 Å². The van der Waals surface area contributed by atoms with Crippen LogP contribution < -0.4 is 4.90 Å². The molecule has 2 heteroatoms. The van der Waals surface area contributed by atoms with Crippen LogP contribution in [0.3, 0.4) is 0 Å². The van der Waals surface area contributed by atoms with E-state index in [1.54, 1.807) is 4.90 Å². The molecule has 0 unspecified atom stereocenters. The maximum atomic E-state index is 11.8. The molecule has 0 bridgehead atoms. The molecule has 1 saturated carbocycles. The molecule has 1 aromatic rings. The highest BCUT2D eigenvalue weighted by Crippen LogP contribution is 2.53. The van der Waals surface area contributed by atoms with Crippen LogP contribution in [0.4, 0.5) is 0 Å². The molecule has 0 spiro atoms. The summed E-state index contributed by atoms with van der Waals surface area (Å²) in [5.41, 5.74) is -0.109. The Balaban J connectivity index is 1.88. The minimum Gasteiger partial charge on any atom is -0.373 e. The predicted molar refractivity (Wildman–Crippen MR) is 98.7 cm³/mol. The largest absolute Gasteiger partial charge is 0.373 e. The summed E-state index contributed by atoms with van der Waals surface area (Å²) in [6, 6.07) is 10.2. The molecule has 2 fully saturated rings. The molecule has 0 amide bonds. The van der Waals surface area contributed by atoms with Gasteiger partial charge in [-0.25, -0.2) is 0 Å². The highest BCUT2D eigenvalue weighted by molar-refractivity contribution is 5.36. The summed E-state index contributed by atoms with van der Waals surface area (Å²) in [5.74, 6) is 6.77. The van der Waals surface area contributed by atoms with Gasteiger partial charge >= 0.3 is 0 Å². The number of hydrogen-bond donors (Lipinski definition) is 2. The summed E-state index contributed by atoms with van der Waals surface area (Å²) in [6.45, 7) is 5.56. The van der Waals surface area contributed by atoms with Crippen LogP contribution in [0.25, 0.3) is 0 Å². The lowest BCUT2D eigenvalue weighted by Crippen LogP contribution is -3.12. The van der Waals surface area contributed by atoms with Crippen molar-refractivity contribution >= 4 is 0 Å². The summed E-state index contributed by atoms with van der Waals surface area (Å²) in [7, 11) is 0. The van der Waals surface area contributed by atoms with Gasteiger partial charge in [-0.2, -0.15) is 0 Å². The van der Waals surface area contributed by atoms with Gasteiger partial charge in [0.05, 0.1) is 13.1 Å². The van der Waals surface area contributed by atoms with Crippen LogP contribution in [0.5, 0.6) is 0 Å². The van der Waals surface area contributed by atoms with E-state index in [2.05, 4.69) is 30.9 Å². The molecule has 24 heavy (non-hydrogen) atoms. The van der Waals surface area contributed by atoms with Crippen molar-refractivity contribution < 1.29 is 10.0 Å². The Hall–Kier alpha value is -1.30. The highest BCUT2D eigenvalue weighted by Gasteiger charge is 2.50. The topological polar surface area (TPSA) is 24.7 Å². The van der Waals surface area contributed by atoms with E-state index in [0.29, 0.717) is 0 Å². The lowest BCUT2D eigenvalue weighted by molar-refractivity contribution is -0.897. The summed E-state index contributed by atoms with van der Waals surface area (Å²) in [5, 5.41) is 11.8. The molecule has 0 radical (unpaired) electrons. The first kappa shape index (κ1) is 17.5. The average Bonchev–Trinajstić information content (AvgIpc) is 3.14. The standard InChI is InChI=1S/C22H31NO/c1-2-21(14-7-8-15-21)22(24,20-12-5-3-6-13-20)16-11-19-23-17-9-4-10-18-23/h3,5-6,12-13,24H,2,4,7-10,14-15,17-19H2,1H3/p+1/t22-/m0/s1. The van der Waals surface area contributed by atoms with Crippen molar-refractivity contribution in [3.05, 3.63) is 35.9 Å². The van der Waals surface area contributed by atoms with Gasteiger partial charge in [0, 0.05) is 5.41 Å². The number of benzene rings is 1. The molecule has 2 N–H and O–H groups in total. The van der Waals surface area contributed by atoms with Crippen LogP contribution in [0.15, 0.2) is 30.3 Å². The van der Waals surface area contributed by atoms with Gasteiger partial charge in [-0.15, -0.1) is 0 Å². The second-order valence-electron chi connectivity index (χ2n) is 7.71. The summed E-state index contributed by atoms with van der Waals surface area (Å²) < 4.78 is 0. The SMILES string of the molecule is CCC1([C@](O)(C#CC[NH+]2CCCCC2)c2ccccc2)CCCC1. The van der Waals surface area contributed by atoms with E-state index in [1.807, 2.05) is 18.2 Å². The Bertz CT molecular complexity index is 573. The fraction of sp³-hybridized carbons (Fsp3) is 0.636. The molecular weight excluding hydrogens is 294 g/mol. The molecule has 3 rings (SSSR count). The first-order valence-corrected chi connectivity index (χ1v) is 9.82. The van der Waals surface area contributed by atoms with Gasteiger partial charge in [-0.3, -0.25) is 0 Å². The minimum absolute atomic E-state index is 0.0847. The van der Waals surface area contributed by atoms with Gasteiger partial charge in [0.1, 0.15) is 6.54 Å². The molecular formula is C22H32NO+. The lowest BCUT2D eigenvalue weighted by Gasteiger charge is -2.42. The fourth-order valence-electron chi connectivity index (χ4n) is 4.74. The number of quaternary nitrogens is 1. The third-order valence-electron chi connectivity index (χ3n) is 6.36. The first-order chi connectivity index (χ1) is 11.7. The van der Waals surface area contributed by atoms with Crippen LogP contribution in [0.1, 0.15) is 63.9 Å². The molecule has 1 atom stereocenters. The maximum Gasteiger partial charge on any atom is 0.156 e. The lowest BCUT2D eigenvalue weighted by atomic mass is 9.65. The number of likely N-dealkylation sites (tertiary alicyclic amines) is 1.